The highest BCUT2D eigenvalue weighted by molar-refractivity contribution is 7.17. The number of hydrogen-bond donors (Lipinski definition) is 0. The first-order chi connectivity index (χ1) is 18.6. The van der Waals surface area contributed by atoms with Crippen molar-refractivity contribution in [3.05, 3.63) is 87.3 Å². The Balaban J connectivity index is 2.89. The number of hydrogen-bond acceptors (Lipinski definition) is 0. The van der Waals surface area contributed by atoms with Crippen molar-refractivity contribution >= 4 is 22.5 Å². The lowest BCUT2D eigenvalue weighted by Gasteiger charge is -2.39. The molecule has 0 aromatic heterocycles. The van der Waals surface area contributed by atoms with E-state index in [0.29, 0.717) is 0 Å². The Kier molecular flexibility index (Phi) is 8.47. The zero-order chi connectivity index (χ0) is 30.4. The van der Waals surface area contributed by atoms with E-state index in [1.165, 1.54) is 12.7 Å². The zero-order valence-corrected chi connectivity index (χ0v) is 19.4. The number of rotatable bonds is 5. The fraction of sp³-hybridized carbons (Fsp3) is 0.167. The molecule has 0 amide bonds. The van der Waals surface area contributed by atoms with Crippen molar-refractivity contribution in [2.45, 2.75) is 26.2 Å². The Bertz CT molecular complexity index is 1350. The summed E-state index contributed by atoms with van der Waals surface area (Å²) in [5, 5.41) is 0. The summed E-state index contributed by atoms with van der Waals surface area (Å²) in [7, 11) is 0. The van der Waals surface area contributed by atoms with Crippen LogP contribution in [0.5, 0.6) is 0 Å². The summed E-state index contributed by atoms with van der Waals surface area (Å²) in [5.74, 6) is -42.5. The third-order valence-corrected chi connectivity index (χ3v) is 6.00. The van der Waals surface area contributed by atoms with Crippen LogP contribution in [0.3, 0.4) is 0 Å². The predicted octanol–water partition coefficient (Wildman–Crippen LogP) is 5.98. The van der Waals surface area contributed by atoms with Gasteiger partial charge in [0.05, 0.1) is 0 Å². The van der Waals surface area contributed by atoms with Crippen molar-refractivity contribution in [1.82, 2.24) is 0 Å². The van der Waals surface area contributed by atoms with Gasteiger partial charge in [0.15, 0.2) is 58.5 Å². The SMILES string of the molecule is CCCCC#C[B-](c1c(F)c(F)c(F)c(F)c1F)(c1c(F)c(F)c(F)c(F)c1F)c1c(F)c(F)c(F)c(F)c1F. The Labute approximate surface area is 214 Å². The topological polar surface area (TPSA) is 0 Å². The molecule has 0 bridgehead atoms. The lowest BCUT2D eigenvalue weighted by molar-refractivity contribution is 0.380. The summed E-state index contributed by atoms with van der Waals surface area (Å²) >= 11 is 0. The molecule has 0 nitrogen and oxygen atoms in total. The maximum Gasteiger partial charge on any atom is 0.200 e. The molecule has 0 spiro atoms. The summed E-state index contributed by atoms with van der Waals surface area (Å²) in [6.45, 7) is 1.48. The summed E-state index contributed by atoms with van der Waals surface area (Å²) in [6.07, 6.45) is -6.21. The van der Waals surface area contributed by atoms with Gasteiger partial charge in [-0.1, -0.05) is 13.3 Å². The Morgan fingerprint density at radius 1 is 0.400 bits per heavy atom. The minimum atomic E-state index is -5.79. The minimum Gasteiger partial charge on any atom is -0.296 e. The molecular weight excluding hydrogens is 584 g/mol. The van der Waals surface area contributed by atoms with Crippen molar-refractivity contribution in [2.75, 3.05) is 0 Å². The number of benzene rings is 3. The second kappa shape index (κ2) is 11.0. The van der Waals surface area contributed by atoms with Crippen molar-refractivity contribution in [3.63, 3.8) is 0 Å². The molecule has 3 aromatic carbocycles. The Morgan fingerprint density at radius 2 is 0.625 bits per heavy atom. The first-order valence-corrected chi connectivity index (χ1v) is 10.8. The van der Waals surface area contributed by atoms with Crippen LogP contribution in [0.2, 0.25) is 0 Å². The van der Waals surface area contributed by atoms with E-state index in [-0.39, 0.29) is 12.8 Å². The second-order valence-corrected chi connectivity index (χ2v) is 8.24. The van der Waals surface area contributed by atoms with Crippen LogP contribution in [-0.4, -0.2) is 6.15 Å². The van der Waals surface area contributed by atoms with Crippen molar-refractivity contribution in [3.8, 4) is 11.7 Å². The summed E-state index contributed by atoms with van der Waals surface area (Å²) in [4.78, 5) is 0. The van der Waals surface area contributed by atoms with Gasteiger partial charge in [0.1, 0.15) is 34.9 Å². The van der Waals surface area contributed by atoms with Gasteiger partial charge in [-0.15, -0.1) is 22.3 Å². The quantitative estimate of drug-likeness (QED) is 0.0855. The van der Waals surface area contributed by atoms with Crippen LogP contribution in [0.15, 0.2) is 0 Å². The fourth-order valence-electron chi connectivity index (χ4n) is 4.15. The number of halogens is 15. The first-order valence-electron chi connectivity index (χ1n) is 10.8. The molecule has 3 aromatic rings. The largest absolute Gasteiger partial charge is 0.296 e. The van der Waals surface area contributed by atoms with E-state index in [0.717, 1.165) is 0 Å². The number of unbranched alkanes of at least 4 members (excludes halogenated alkanes) is 2. The molecule has 0 fully saturated rings. The first kappa shape index (κ1) is 30.8. The average Bonchev–Trinajstić information content (AvgIpc) is 2.93. The lowest BCUT2D eigenvalue weighted by atomic mass is 9.15. The smallest absolute Gasteiger partial charge is 0.200 e. The molecule has 0 heterocycles. The molecule has 0 aliphatic heterocycles. The van der Waals surface area contributed by atoms with Gasteiger partial charge in [-0.25, -0.2) is 65.9 Å². The van der Waals surface area contributed by atoms with Crippen LogP contribution < -0.4 is 16.4 Å². The summed E-state index contributed by atoms with van der Waals surface area (Å²) in [5.41, 5.74) is -8.19. The van der Waals surface area contributed by atoms with Gasteiger partial charge in [0, 0.05) is 6.42 Å². The summed E-state index contributed by atoms with van der Waals surface area (Å²) < 4.78 is 218. The second-order valence-electron chi connectivity index (χ2n) is 8.24. The van der Waals surface area contributed by atoms with Crippen LogP contribution >= 0.6 is 0 Å². The molecular formula is C24H9BF15-. The van der Waals surface area contributed by atoms with Crippen molar-refractivity contribution in [2.24, 2.45) is 0 Å². The van der Waals surface area contributed by atoms with Crippen LogP contribution in [0.4, 0.5) is 65.9 Å². The molecule has 0 unspecified atom stereocenters. The Morgan fingerprint density at radius 3 is 0.850 bits per heavy atom. The highest BCUT2D eigenvalue weighted by Gasteiger charge is 2.47. The fourth-order valence-corrected chi connectivity index (χ4v) is 4.15. The minimum absolute atomic E-state index is 0.0511. The van der Waals surface area contributed by atoms with Gasteiger partial charge in [-0.3, -0.25) is 5.82 Å². The molecule has 0 aliphatic carbocycles. The van der Waals surface area contributed by atoms with E-state index in [4.69, 9.17) is 0 Å². The predicted molar refractivity (Wildman–Crippen MR) is 111 cm³/mol. The van der Waals surface area contributed by atoms with E-state index in [1.807, 2.05) is 5.92 Å². The third kappa shape index (κ3) is 4.35. The van der Waals surface area contributed by atoms with Gasteiger partial charge in [-0.2, -0.15) is 0 Å². The molecule has 0 atom stereocenters. The van der Waals surface area contributed by atoms with Gasteiger partial charge >= 0.3 is 0 Å². The normalized spacial score (nSPS) is 11.6. The van der Waals surface area contributed by atoms with Crippen LogP contribution in [0.1, 0.15) is 26.2 Å². The van der Waals surface area contributed by atoms with E-state index in [1.54, 1.807) is 0 Å². The third-order valence-electron chi connectivity index (χ3n) is 6.00. The summed E-state index contributed by atoms with van der Waals surface area (Å²) in [6, 6.07) is 0. The van der Waals surface area contributed by atoms with E-state index < -0.39 is 116 Å². The van der Waals surface area contributed by atoms with Gasteiger partial charge in [0.2, 0.25) is 0 Å². The van der Waals surface area contributed by atoms with E-state index in [2.05, 4.69) is 0 Å². The molecule has 16 heteroatoms. The van der Waals surface area contributed by atoms with E-state index >= 15 is 26.3 Å². The van der Waals surface area contributed by atoms with Crippen LogP contribution in [0, 0.1) is 99.0 Å². The standard InChI is InChI=1S/C24H9BF15/c1-2-3-4-5-6-25(7-10(26)16(32)22(38)17(33)11(7)27,8-12(28)18(34)23(39)19(35)13(8)29)9-14(30)20(36)24(40)21(37)15(9)31/h2-4H2,1H3/q-1. The van der Waals surface area contributed by atoms with Crippen LogP contribution in [0.25, 0.3) is 0 Å². The van der Waals surface area contributed by atoms with Gasteiger partial charge in [0.25, 0.3) is 0 Å². The lowest BCUT2D eigenvalue weighted by Crippen LogP contribution is -2.72. The maximum absolute atomic E-state index is 15.1. The highest BCUT2D eigenvalue weighted by Crippen LogP contribution is 2.27. The van der Waals surface area contributed by atoms with Gasteiger partial charge in [-0.05, 0) is 6.42 Å². The molecule has 3 rings (SSSR count). The monoisotopic (exact) mass is 593 g/mol. The molecule has 0 radical (unpaired) electrons. The van der Waals surface area contributed by atoms with E-state index in [9.17, 15) is 39.5 Å². The average molecular weight is 593 g/mol. The maximum atomic E-state index is 15.1. The zero-order valence-electron chi connectivity index (χ0n) is 19.4. The molecule has 0 aliphatic rings. The van der Waals surface area contributed by atoms with Crippen LogP contribution in [-0.2, 0) is 0 Å². The van der Waals surface area contributed by atoms with Gasteiger partial charge < -0.3 is 0 Å². The molecule has 214 valence electrons. The van der Waals surface area contributed by atoms with Crippen molar-refractivity contribution in [1.29, 1.82) is 0 Å². The molecule has 0 saturated heterocycles. The van der Waals surface area contributed by atoms with Crippen molar-refractivity contribution < 1.29 is 65.9 Å². The Hall–Kier alpha value is -3.77. The highest BCUT2D eigenvalue weighted by atomic mass is 19.2. The molecule has 40 heavy (non-hydrogen) atoms. The molecule has 0 saturated carbocycles. The molecule has 0 N–H and O–H groups in total.